The fourth-order valence-electron chi connectivity index (χ4n) is 3.00. The lowest BCUT2D eigenvalue weighted by atomic mass is 10.1. The topological polar surface area (TPSA) is 76.9 Å². The molecule has 1 saturated carbocycles. The zero-order valence-corrected chi connectivity index (χ0v) is 14.7. The number of aryl methyl sites for hydroxylation is 3. The second kappa shape index (κ2) is 5.72. The molecule has 124 valence electrons. The van der Waals surface area contributed by atoms with Crippen molar-refractivity contribution in [3.63, 3.8) is 0 Å². The Bertz CT molecular complexity index is 838. The first kappa shape index (κ1) is 16.1. The molecule has 7 heteroatoms. The van der Waals surface area contributed by atoms with Gasteiger partial charge in [-0.05, 0) is 51.2 Å². The summed E-state index contributed by atoms with van der Waals surface area (Å²) in [6.07, 6.45) is 3.76. The summed E-state index contributed by atoms with van der Waals surface area (Å²) in [4.78, 5) is 4.70. The summed E-state index contributed by atoms with van der Waals surface area (Å²) < 4.78 is 30.3. The monoisotopic (exact) mass is 334 g/mol. The summed E-state index contributed by atoms with van der Waals surface area (Å²) in [5.41, 5.74) is 2.98. The number of aromatic nitrogens is 3. The molecule has 6 nitrogen and oxygen atoms in total. The van der Waals surface area contributed by atoms with Crippen molar-refractivity contribution in [2.75, 3.05) is 0 Å². The SMILES string of the molecule is Cc1cccnc1[C@@H](NS(=O)(=O)c1c(C)nn(C)c1C)C1CC1. The summed E-state index contributed by atoms with van der Waals surface area (Å²) in [6, 6.07) is 3.56. The second-order valence-corrected chi connectivity index (χ2v) is 7.92. The minimum Gasteiger partial charge on any atom is -0.271 e. The van der Waals surface area contributed by atoms with Crippen molar-refractivity contribution in [2.45, 2.75) is 44.6 Å². The Kier molecular flexibility index (Phi) is 4.01. The molecule has 0 spiro atoms. The van der Waals surface area contributed by atoms with Crippen molar-refractivity contribution in [3.05, 3.63) is 41.0 Å². The van der Waals surface area contributed by atoms with Gasteiger partial charge in [-0.2, -0.15) is 5.10 Å². The highest BCUT2D eigenvalue weighted by Gasteiger charge is 2.38. The average molecular weight is 334 g/mol. The lowest BCUT2D eigenvalue weighted by Crippen LogP contribution is -2.31. The molecule has 1 atom stereocenters. The predicted molar refractivity (Wildman–Crippen MR) is 87.4 cm³/mol. The van der Waals surface area contributed by atoms with E-state index in [2.05, 4.69) is 14.8 Å². The smallest absolute Gasteiger partial charge is 0.244 e. The van der Waals surface area contributed by atoms with Gasteiger partial charge in [-0.3, -0.25) is 9.67 Å². The molecule has 3 rings (SSSR count). The number of nitrogens with one attached hydrogen (secondary N) is 1. The molecular formula is C16H22N4O2S. The van der Waals surface area contributed by atoms with E-state index in [-0.39, 0.29) is 10.9 Å². The van der Waals surface area contributed by atoms with Crippen molar-refractivity contribution in [3.8, 4) is 0 Å². The van der Waals surface area contributed by atoms with Gasteiger partial charge in [-0.1, -0.05) is 6.07 Å². The van der Waals surface area contributed by atoms with Gasteiger partial charge in [0, 0.05) is 13.2 Å². The van der Waals surface area contributed by atoms with Crippen molar-refractivity contribution in [1.29, 1.82) is 0 Å². The first-order valence-corrected chi connectivity index (χ1v) is 9.23. The minimum absolute atomic E-state index is 0.277. The number of hydrogen-bond donors (Lipinski definition) is 1. The quantitative estimate of drug-likeness (QED) is 0.909. The predicted octanol–water partition coefficient (Wildman–Crippen LogP) is 2.17. The molecule has 1 aliphatic rings. The van der Waals surface area contributed by atoms with Crippen LogP contribution in [0, 0.1) is 26.7 Å². The van der Waals surface area contributed by atoms with Gasteiger partial charge in [0.2, 0.25) is 10.0 Å². The van der Waals surface area contributed by atoms with Crippen LogP contribution in [0.5, 0.6) is 0 Å². The van der Waals surface area contributed by atoms with Crippen LogP contribution in [-0.2, 0) is 17.1 Å². The van der Waals surface area contributed by atoms with Crippen LogP contribution in [0.25, 0.3) is 0 Å². The molecule has 1 fully saturated rings. The lowest BCUT2D eigenvalue weighted by Gasteiger charge is -2.19. The van der Waals surface area contributed by atoms with E-state index in [1.165, 1.54) is 0 Å². The van der Waals surface area contributed by atoms with Gasteiger partial charge in [0.1, 0.15) is 4.90 Å². The van der Waals surface area contributed by atoms with E-state index >= 15 is 0 Å². The normalized spacial score (nSPS) is 16.5. The summed E-state index contributed by atoms with van der Waals surface area (Å²) in [5.74, 6) is 0.315. The molecule has 2 aromatic heterocycles. The third-order valence-corrected chi connectivity index (χ3v) is 6.12. The molecule has 0 amide bonds. The maximum Gasteiger partial charge on any atom is 0.244 e. The fraction of sp³-hybridized carbons (Fsp3) is 0.500. The highest BCUT2D eigenvalue weighted by atomic mass is 32.2. The van der Waals surface area contributed by atoms with Gasteiger partial charge >= 0.3 is 0 Å². The molecule has 0 aliphatic heterocycles. The number of rotatable bonds is 5. The van der Waals surface area contributed by atoms with Crippen LogP contribution in [0.15, 0.2) is 23.2 Å². The van der Waals surface area contributed by atoms with E-state index in [9.17, 15) is 8.42 Å². The van der Waals surface area contributed by atoms with E-state index in [1.54, 1.807) is 31.8 Å². The molecule has 1 aliphatic carbocycles. The maximum absolute atomic E-state index is 12.9. The van der Waals surface area contributed by atoms with E-state index in [4.69, 9.17) is 0 Å². The van der Waals surface area contributed by atoms with Crippen molar-refractivity contribution < 1.29 is 8.42 Å². The second-order valence-electron chi connectivity index (χ2n) is 6.27. The van der Waals surface area contributed by atoms with Crippen molar-refractivity contribution in [1.82, 2.24) is 19.5 Å². The third kappa shape index (κ3) is 3.03. The third-order valence-electron chi connectivity index (χ3n) is 4.43. The van der Waals surface area contributed by atoms with Crippen LogP contribution < -0.4 is 4.72 Å². The first-order chi connectivity index (χ1) is 10.8. The van der Waals surface area contributed by atoms with Gasteiger partial charge in [-0.25, -0.2) is 13.1 Å². The Hall–Kier alpha value is -1.73. The Balaban J connectivity index is 1.99. The zero-order chi connectivity index (χ0) is 16.8. The Morgan fingerprint density at radius 3 is 2.52 bits per heavy atom. The van der Waals surface area contributed by atoms with Gasteiger partial charge in [-0.15, -0.1) is 0 Å². The standard InChI is InChI=1S/C16H22N4O2S/c1-10-6-5-9-17-14(10)15(13-7-8-13)19-23(21,22)16-11(2)18-20(4)12(16)3/h5-6,9,13,15,19H,7-8H2,1-4H3/t15-/m0/s1. The van der Waals surface area contributed by atoms with Gasteiger partial charge in [0.15, 0.2) is 0 Å². The van der Waals surface area contributed by atoms with Gasteiger partial charge in [0.05, 0.1) is 23.1 Å². The number of hydrogen-bond acceptors (Lipinski definition) is 4. The van der Waals surface area contributed by atoms with Crippen LogP contribution in [0.2, 0.25) is 0 Å². The molecule has 2 heterocycles. The summed E-state index contributed by atoms with van der Waals surface area (Å²) in [6.45, 7) is 5.46. The largest absolute Gasteiger partial charge is 0.271 e. The molecule has 23 heavy (non-hydrogen) atoms. The Morgan fingerprint density at radius 1 is 1.30 bits per heavy atom. The molecular weight excluding hydrogens is 312 g/mol. The van der Waals surface area contributed by atoms with Crippen molar-refractivity contribution >= 4 is 10.0 Å². The Morgan fingerprint density at radius 2 is 2.00 bits per heavy atom. The van der Waals surface area contributed by atoms with E-state index in [0.29, 0.717) is 17.3 Å². The number of nitrogens with zero attached hydrogens (tertiary/aromatic N) is 3. The van der Waals surface area contributed by atoms with Gasteiger partial charge in [0.25, 0.3) is 0 Å². The summed E-state index contributed by atoms with van der Waals surface area (Å²) >= 11 is 0. The summed E-state index contributed by atoms with van der Waals surface area (Å²) in [7, 11) is -1.89. The highest BCUT2D eigenvalue weighted by Crippen LogP contribution is 2.42. The minimum atomic E-state index is -3.64. The van der Waals surface area contributed by atoms with Gasteiger partial charge < -0.3 is 0 Å². The van der Waals surface area contributed by atoms with Crippen LogP contribution in [0.1, 0.15) is 41.5 Å². The molecule has 2 aromatic rings. The number of sulfonamides is 1. The first-order valence-electron chi connectivity index (χ1n) is 7.75. The molecule has 0 aromatic carbocycles. The summed E-state index contributed by atoms with van der Waals surface area (Å²) in [5, 5.41) is 4.22. The molecule has 0 unspecified atom stereocenters. The maximum atomic E-state index is 12.9. The molecule has 0 radical (unpaired) electrons. The fourth-order valence-corrected chi connectivity index (χ4v) is 4.70. The highest BCUT2D eigenvalue weighted by molar-refractivity contribution is 7.89. The molecule has 0 saturated heterocycles. The van der Waals surface area contributed by atoms with Crippen LogP contribution in [-0.4, -0.2) is 23.2 Å². The van der Waals surface area contributed by atoms with Crippen LogP contribution in [0.3, 0.4) is 0 Å². The molecule has 0 bridgehead atoms. The van der Waals surface area contributed by atoms with Crippen molar-refractivity contribution in [2.24, 2.45) is 13.0 Å². The average Bonchev–Trinajstić information content (AvgIpc) is 3.26. The lowest BCUT2D eigenvalue weighted by molar-refractivity contribution is 0.518. The zero-order valence-electron chi connectivity index (χ0n) is 13.9. The van der Waals surface area contributed by atoms with E-state index in [0.717, 1.165) is 24.1 Å². The van der Waals surface area contributed by atoms with E-state index < -0.39 is 10.0 Å². The number of pyridine rings is 1. The van der Waals surface area contributed by atoms with Crippen LogP contribution in [0.4, 0.5) is 0 Å². The Labute approximate surface area is 137 Å². The van der Waals surface area contributed by atoms with E-state index in [1.807, 2.05) is 19.1 Å². The molecule has 1 N–H and O–H groups in total. The van der Waals surface area contributed by atoms with Crippen LogP contribution >= 0.6 is 0 Å².